The van der Waals surface area contributed by atoms with Crippen molar-refractivity contribution in [3.8, 4) is 11.1 Å². The second-order valence-corrected chi connectivity index (χ2v) is 8.52. The molecule has 0 atom stereocenters. The van der Waals surface area contributed by atoms with Crippen molar-refractivity contribution in [1.29, 1.82) is 0 Å². The number of nitrogens with zero attached hydrogens (tertiary/aromatic N) is 4. The Bertz CT molecular complexity index is 1370. The van der Waals surface area contributed by atoms with E-state index in [1.807, 2.05) is 18.2 Å². The fraction of sp³-hybridized carbons (Fsp3) is 0.174. The number of benzene rings is 1. The van der Waals surface area contributed by atoms with Crippen LogP contribution in [0.15, 0.2) is 54.9 Å². The van der Waals surface area contributed by atoms with Gasteiger partial charge in [0.15, 0.2) is 0 Å². The van der Waals surface area contributed by atoms with Gasteiger partial charge in [0.1, 0.15) is 0 Å². The molecule has 4 heterocycles. The molecular weight excluding hydrogens is 488 g/mol. The van der Waals surface area contributed by atoms with Crippen molar-refractivity contribution in [2.45, 2.75) is 19.1 Å². The van der Waals surface area contributed by atoms with Gasteiger partial charge in [-0.05, 0) is 35.4 Å². The average molecular weight is 504 g/mol. The summed E-state index contributed by atoms with van der Waals surface area (Å²) in [6.45, 7) is 1.03. The molecule has 1 N–H and O–H groups in total. The predicted molar refractivity (Wildman–Crippen MR) is 119 cm³/mol. The first kappa shape index (κ1) is 24.2. The van der Waals surface area contributed by atoms with Crippen molar-refractivity contribution in [1.82, 2.24) is 19.9 Å². The summed E-state index contributed by atoms with van der Waals surface area (Å²) < 4.78 is 46.4. The van der Waals surface area contributed by atoms with Gasteiger partial charge >= 0.3 is 12.1 Å². The van der Waals surface area contributed by atoms with Crippen LogP contribution in [-0.4, -0.2) is 49.6 Å². The molecule has 0 spiro atoms. The Morgan fingerprint density at radius 2 is 1.83 bits per heavy atom. The Balaban J connectivity index is 0.000000364. The van der Waals surface area contributed by atoms with E-state index in [0.717, 1.165) is 20.9 Å². The number of amides is 1. The summed E-state index contributed by atoms with van der Waals surface area (Å²) in [6.07, 6.45) is -1.32. The highest BCUT2D eigenvalue weighted by atomic mass is 32.1. The second kappa shape index (κ2) is 9.74. The molecule has 0 bridgehead atoms. The number of hydrogen-bond donors (Lipinski definition) is 1. The molecule has 180 valence electrons. The first-order valence-corrected chi connectivity index (χ1v) is 11.0. The van der Waals surface area contributed by atoms with Gasteiger partial charge in [0.25, 0.3) is 5.91 Å². The second-order valence-electron chi connectivity index (χ2n) is 7.40. The molecule has 1 aliphatic rings. The summed E-state index contributed by atoms with van der Waals surface area (Å²) in [5, 5.41) is 8.13. The number of aromatic nitrogens is 3. The van der Waals surface area contributed by atoms with Gasteiger partial charge in [-0.15, -0.1) is 11.3 Å². The lowest BCUT2D eigenvalue weighted by Gasteiger charge is -2.14. The molecule has 0 saturated heterocycles. The lowest BCUT2D eigenvalue weighted by atomic mass is 10.0. The fourth-order valence-corrected chi connectivity index (χ4v) is 4.48. The molecule has 3 aromatic heterocycles. The highest BCUT2D eigenvalue weighted by Gasteiger charge is 2.38. The number of rotatable bonds is 4. The number of carboxylic acids is 1. The summed E-state index contributed by atoms with van der Waals surface area (Å²) in [7, 11) is 0. The Labute approximate surface area is 199 Å². The van der Waals surface area contributed by atoms with E-state index < -0.39 is 18.1 Å². The van der Waals surface area contributed by atoms with Crippen molar-refractivity contribution in [3.63, 3.8) is 0 Å². The molecule has 0 unspecified atom stereocenters. The number of carbonyl (C=O) groups excluding carboxylic acids is 1. The maximum Gasteiger partial charge on any atom is 0.490 e. The number of fused-ring (bicyclic) bond motifs is 2. The maximum atomic E-state index is 13.5. The largest absolute Gasteiger partial charge is 0.490 e. The van der Waals surface area contributed by atoms with Crippen LogP contribution in [0.1, 0.15) is 21.1 Å². The first-order chi connectivity index (χ1) is 16.6. The maximum absolute atomic E-state index is 13.5. The molecule has 1 aromatic carbocycles. The Hall–Kier alpha value is -3.93. The van der Waals surface area contributed by atoms with Crippen LogP contribution in [0.2, 0.25) is 0 Å². The molecule has 4 aromatic rings. The number of carboxylic acid groups (broad SMARTS) is 1. The van der Waals surface area contributed by atoms with Crippen molar-refractivity contribution < 1.29 is 32.3 Å². The Kier molecular flexibility index (Phi) is 6.74. The van der Waals surface area contributed by atoms with Crippen LogP contribution in [0, 0.1) is 5.95 Å². The minimum atomic E-state index is -5.08. The van der Waals surface area contributed by atoms with Crippen LogP contribution in [0.25, 0.3) is 21.3 Å². The summed E-state index contributed by atoms with van der Waals surface area (Å²) in [5.74, 6) is -3.40. The molecule has 0 fully saturated rings. The number of carbonyl (C=O) groups is 2. The molecule has 35 heavy (non-hydrogen) atoms. The Morgan fingerprint density at radius 3 is 2.51 bits per heavy atom. The van der Waals surface area contributed by atoms with E-state index in [9.17, 15) is 22.4 Å². The van der Waals surface area contributed by atoms with Crippen LogP contribution >= 0.6 is 11.3 Å². The highest BCUT2D eigenvalue weighted by Crippen LogP contribution is 2.32. The van der Waals surface area contributed by atoms with Crippen LogP contribution in [-0.2, 0) is 17.8 Å². The zero-order valence-corrected chi connectivity index (χ0v) is 18.6. The number of thiazole rings is 1. The minimum absolute atomic E-state index is 0.0727. The zero-order chi connectivity index (χ0) is 25.2. The summed E-state index contributed by atoms with van der Waals surface area (Å²) >= 11 is 1.65. The van der Waals surface area contributed by atoms with E-state index >= 15 is 0 Å². The van der Waals surface area contributed by atoms with Crippen molar-refractivity contribution in [2.24, 2.45) is 0 Å². The van der Waals surface area contributed by atoms with Gasteiger partial charge in [-0.3, -0.25) is 9.78 Å². The van der Waals surface area contributed by atoms with E-state index in [0.29, 0.717) is 36.2 Å². The van der Waals surface area contributed by atoms with E-state index in [1.165, 1.54) is 12.3 Å². The molecule has 12 heteroatoms. The number of halogens is 4. The van der Waals surface area contributed by atoms with Gasteiger partial charge in [-0.1, -0.05) is 12.1 Å². The highest BCUT2D eigenvalue weighted by molar-refractivity contribution is 7.18. The molecule has 7 nitrogen and oxygen atoms in total. The van der Waals surface area contributed by atoms with E-state index in [-0.39, 0.29) is 5.91 Å². The lowest BCUT2D eigenvalue weighted by Crippen LogP contribution is -2.26. The standard InChI is InChI=1S/C21H15FN4OS.C2HF3O2/c22-18-11-13(5-8-24-18)14-6-9-23-16-12-26(21(27)20(14)16)10-7-19-25-15-3-1-2-4-17(15)28-19;3-2(4,5)1(6)7/h1-6,8-9,11H,7,10,12H2;(H,6,7). The summed E-state index contributed by atoms with van der Waals surface area (Å²) in [4.78, 5) is 36.3. The third kappa shape index (κ3) is 5.43. The predicted octanol–water partition coefficient (Wildman–Crippen LogP) is 4.72. The topological polar surface area (TPSA) is 96.3 Å². The molecule has 0 radical (unpaired) electrons. The average Bonchev–Trinajstić information content (AvgIpc) is 3.38. The van der Waals surface area contributed by atoms with Gasteiger partial charge in [-0.2, -0.15) is 17.6 Å². The van der Waals surface area contributed by atoms with E-state index in [4.69, 9.17) is 9.90 Å². The molecule has 0 aliphatic carbocycles. The van der Waals surface area contributed by atoms with Crippen LogP contribution in [0.5, 0.6) is 0 Å². The van der Waals surface area contributed by atoms with Gasteiger partial charge in [0, 0.05) is 31.4 Å². The van der Waals surface area contributed by atoms with Crippen molar-refractivity contribution in [3.05, 3.63) is 77.1 Å². The number of alkyl halides is 3. The zero-order valence-electron chi connectivity index (χ0n) is 17.8. The third-order valence-corrected chi connectivity index (χ3v) is 6.18. The number of para-hydroxylation sites is 1. The number of hydrogen-bond acceptors (Lipinski definition) is 6. The molecule has 1 aliphatic heterocycles. The van der Waals surface area contributed by atoms with Crippen LogP contribution in [0.4, 0.5) is 17.6 Å². The van der Waals surface area contributed by atoms with Gasteiger partial charge in [0.2, 0.25) is 5.95 Å². The quantitative estimate of drug-likeness (QED) is 0.319. The fourth-order valence-electron chi connectivity index (χ4n) is 3.52. The number of aliphatic carboxylic acids is 1. The Morgan fingerprint density at radius 1 is 1.11 bits per heavy atom. The summed E-state index contributed by atoms with van der Waals surface area (Å²) in [6, 6.07) is 12.8. The SMILES string of the molecule is O=C(O)C(F)(F)F.O=C1c2c(-c3ccnc(F)c3)ccnc2CN1CCc1nc2ccccc2s1. The molecular formula is C23H16F4N4O3S. The van der Waals surface area contributed by atoms with Crippen LogP contribution < -0.4 is 0 Å². The smallest absolute Gasteiger partial charge is 0.475 e. The van der Waals surface area contributed by atoms with Gasteiger partial charge in [-0.25, -0.2) is 14.8 Å². The normalized spacial score (nSPS) is 12.9. The van der Waals surface area contributed by atoms with Crippen molar-refractivity contribution in [2.75, 3.05) is 6.54 Å². The third-order valence-electron chi connectivity index (χ3n) is 5.09. The lowest BCUT2D eigenvalue weighted by molar-refractivity contribution is -0.192. The number of pyridine rings is 2. The van der Waals surface area contributed by atoms with Crippen LogP contribution in [0.3, 0.4) is 0 Å². The van der Waals surface area contributed by atoms with E-state index in [1.54, 1.807) is 34.6 Å². The molecule has 0 saturated carbocycles. The minimum Gasteiger partial charge on any atom is -0.475 e. The van der Waals surface area contributed by atoms with Gasteiger partial charge in [0.05, 0.1) is 33.0 Å². The van der Waals surface area contributed by atoms with Crippen molar-refractivity contribution >= 4 is 33.4 Å². The summed E-state index contributed by atoms with van der Waals surface area (Å²) in [5.41, 5.74) is 3.59. The molecule has 5 rings (SSSR count). The van der Waals surface area contributed by atoms with Gasteiger partial charge < -0.3 is 10.0 Å². The van der Waals surface area contributed by atoms with E-state index in [2.05, 4.69) is 21.0 Å². The molecule has 1 amide bonds. The first-order valence-electron chi connectivity index (χ1n) is 10.2. The monoisotopic (exact) mass is 504 g/mol.